The lowest BCUT2D eigenvalue weighted by Crippen LogP contribution is -2.45. The number of hydrogen-bond donors (Lipinski definition) is 2. The Morgan fingerprint density at radius 3 is 2.41 bits per heavy atom. The van der Waals surface area contributed by atoms with Gasteiger partial charge in [-0.1, -0.05) is 6.42 Å². The smallest absolute Gasteiger partial charge is 0.239 e. The normalized spacial score (nSPS) is 17.1. The molecule has 0 spiro atoms. The van der Waals surface area contributed by atoms with Crippen molar-refractivity contribution in [3.63, 3.8) is 0 Å². The number of hydrogen-bond acceptors (Lipinski definition) is 3. The van der Waals surface area contributed by atoms with E-state index in [0.29, 0.717) is 19.5 Å². The van der Waals surface area contributed by atoms with E-state index in [2.05, 4.69) is 5.32 Å². The van der Waals surface area contributed by atoms with Crippen molar-refractivity contribution in [2.24, 2.45) is 11.1 Å². The Bertz CT molecular complexity index is 282. The van der Waals surface area contributed by atoms with E-state index in [4.69, 9.17) is 5.73 Å². The van der Waals surface area contributed by atoms with Crippen molar-refractivity contribution in [1.29, 1.82) is 0 Å². The van der Waals surface area contributed by atoms with Crippen LogP contribution in [0.5, 0.6) is 0 Å². The van der Waals surface area contributed by atoms with E-state index in [1.165, 1.54) is 0 Å². The number of amides is 2. The number of rotatable bonds is 6. The molecule has 1 aliphatic rings. The fourth-order valence-corrected chi connectivity index (χ4v) is 2.19. The lowest BCUT2D eigenvalue weighted by molar-refractivity contribution is -0.138. The first kappa shape index (κ1) is 14.0. The summed E-state index contributed by atoms with van der Waals surface area (Å²) in [5, 5.41) is 2.53. The fourth-order valence-electron chi connectivity index (χ4n) is 2.19. The number of likely N-dealkylation sites (N-methyl/N-ethyl adjacent to an activating group) is 2. The molecule has 5 nitrogen and oxygen atoms in total. The van der Waals surface area contributed by atoms with Gasteiger partial charge < -0.3 is 16.0 Å². The molecule has 1 rings (SSSR count). The Kier molecular flexibility index (Phi) is 4.93. The van der Waals surface area contributed by atoms with E-state index in [-0.39, 0.29) is 23.8 Å². The summed E-state index contributed by atoms with van der Waals surface area (Å²) in [6.45, 7) is 3.16. The molecule has 0 radical (unpaired) electrons. The van der Waals surface area contributed by atoms with Crippen LogP contribution < -0.4 is 11.1 Å². The molecule has 0 aliphatic heterocycles. The molecular weight excluding hydrogens is 218 g/mol. The van der Waals surface area contributed by atoms with Crippen molar-refractivity contribution in [2.45, 2.75) is 32.6 Å². The Hall–Kier alpha value is -1.10. The summed E-state index contributed by atoms with van der Waals surface area (Å²) in [6.07, 6.45) is 3.71. The predicted molar refractivity (Wildman–Crippen MR) is 66.3 cm³/mol. The Morgan fingerprint density at radius 2 is 2.06 bits per heavy atom. The summed E-state index contributed by atoms with van der Waals surface area (Å²) in [5.41, 5.74) is 5.74. The summed E-state index contributed by atoms with van der Waals surface area (Å²) in [5.74, 6) is -0.0862. The summed E-state index contributed by atoms with van der Waals surface area (Å²) in [7, 11) is 1.58. The molecule has 1 aliphatic carbocycles. The van der Waals surface area contributed by atoms with Crippen LogP contribution in [-0.4, -0.2) is 43.4 Å². The number of nitrogens with one attached hydrogen (secondary N) is 1. The Labute approximate surface area is 103 Å². The first-order chi connectivity index (χ1) is 8.06. The molecular formula is C12H23N3O2. The summed E-state index contributed by atoms with van der Waals surface area (Å²) in [4.78, 5) is 24.9. The second-order valence-corrected chi connectivity index (χ2v) is 4.82. The first-order valence-corrected chi connectivity index (χ1v) is 6.25. The Morgan fingerprint density at radius 1 is 1.41 bits per heavy atom. The molecule has 1 fully saturated rings. The van der Waals surface area contributed by atoms with E-state index in [0.717, 1.165) is 19.3 Å². The van der Waals surface area contributed by atoms with Gasteiger partial charge in [0.05, 0.1) is 6.54 Å². The van der Waals surface area contributed by atoms with E-state index in [1.54, 1.807) is 11.9 Å². The first-order valence-electron chi connectivity index (χ1n) is 6.25. The molecule has 3 N–H and O–H groups in total. The third-order valence-electron chi connectivity index (χ3n) is 3.72. The molecule has 0 heterocycles. The SMILES string of the molecule is CCN(CC(=O)NC)C(=O)CC1(CN)CCC1. The van der Waals surface area contributed by atoms with Gasteiger partial charge in [0.15, 0.2) is 0 Å². The van der Waals surface area contributed by atoms with Gasteiger partial charge in [0.1, 0.15) is 0 Å². The summed E-state index contributed by atoms with van der Waals surface area (Å²) < 4.78 is 0. The monoisotopic (exact) mass is 241 g/mol. The molecule has 98 valence electrons. The highest BCUT2D eigenvalue weighted by Gasteiger charge is 2.38. The highest BCUT2D eigenvalue weighted by Crippen LogP contribution is 2.43. The molecule has 0 aromatic rings. The molecule has 2 amide bonds. The number of carbonyl (C=O) groups is 2. The van der Waals surface area contributed by atoms with Crippen LogP contribution >= 0.6 is 0 Å². The van der Waals surface area contributed by atoms with E-state index in [9.17, 15) is 9.59 Å². The minimum Gasteiger partial charge on any atom is -0.358 e. The van der Waals surface area contributed by atoms with E-state index < -0.39 is 0 Å². The molecule has 0 saturated heterocycles. The standard InChI is InChI=1S/C12H23N3O2/c1-3-15(8-10(16)14-2)11(17)7-12(9-13)5-4-6-12/h3-9,13H2,1-2H3,(H,14,16). The third kappa shape index (κ3) is 3.43. The zero-order valence-electron chi connectivity index (χ0n) is 10.8. The molecule has 17 heavy (non-hydrogen) atoms. The van der Waals surface area contributed by atoms with Crippen LogP contribution in [0.1, 0.15) is 32.6 Å². The highest BCUT2D eigenvalue weighted by atomic mass is 16.2. The summed E-state index contributed by atoms with van der Waals surface area (Å²) >= 11 is 0. The van der Waals surface area contributed by atoms with Crippen LogP contribution in [0.15, 0.2) is 0 Å². The van der Waals surface area contributed by atoms with Crippen LogP contribution in [-0.2, 0) is 9.59 Å². The van der Waals surface area contributed by atoms with Gasteiger partial charge in [-0.05, 0) is 31.7 Å². The van der Waals surface area contributed by atoms with Crippen LogP contribution in [0, 0.1) is 5.41 Å². The third-order valence-corrected chi connectivity index (χ3v) is 3.72. The second kappa shape index (κ2) is 6.00. The molecule has 1 saturated carbocycles. The average molecular weight is 241 g/mol. The number of carbonyl (C=O) groups excluding carboxylic acids is 2. The van der Waals surface area contributed by atoms with Crippen LogP contribution in [0.25, 0.3) is 0 Å². The minimum atomic E-state index is -0.129. The van der Waals surface area contributed by atoms with Crippen molar-refractivity contribution in [3.05, 3.63) is 0 Å². The van der Waals surface area contributed by atoms with Crippen molar-refractivity contribution >= 4 is 11.8 Å². The Balaban J connectivity index is 2.51. The quantitative estimate of drug-likeness (QED) is 0.692. The maximum atomic E-state index is 12.1. The van der Waals surface area contributed by atoms with Gasteiger partial charge >= 0.3 is 0 Å². The van der Waals surface area contributed by atoms with Crippen molar-refractivity contribution in [3.8, 4) is 0 Å². The molecule has 0 atom stereocenters. The van der Waals surface area contributed by atoms with Crippen LogP contribution in [0.4, 0.5) is 0 Å². The van der Waals surface area contributed by atoms with Crippen LogP contribution in [0.2, 0.25) is 0 Å². The maximum absolute atomic E-state index is 12.1. The predicted octanol–water partition coefficient (Wildman–Crippen LogP) is 0.100. The van der Waals surface area contributed by atoms with Gasteiger partial charge in [-0.2, -0.15) is 0 Å². The van der Waals surface area contributed by atoms with Crippen molar-refractivity contribution in [1.82, 2.24) is 10.2 Å². The van der Waals surface area contributed by atoms with Gasteiger partial charge in [-0.25, -0.2) is 0 Å². The van der Waals surface area contributed by atoms with Gasteiger partial charge in [0, 0.05) is 20.0 Å². The molecule has 0 aromatic carbocycles. The zero-order valence-corrected chi connectivity index (χ0v) is 10.8. The number of nitrogens with zero attached hydrogens (tertiary/aromatic N) is 1. The van der Waals surface area contributed by atoms with Crippen LogP contribution in [0.3, 0.4) is 0 Å². The van der Waals surface area contributed by atoms with Crippen molar-refractivity contribution in [2.75, 3.05) is 26.7 Å². The lowest BCUT2D eigenvalue weighted by Gasteiger charge is -2.41. The molecule has 0 bridgehead atoms. The van der Waals surface area contributed by atoms with Gasteiger partial charge in [0.2, 0.25) is 11.8 Å². The minimum absolute atomic E-state index is 0.00714. The largest absolute Gasteiger partial charge is 0.358 e. The fraction of sp³-hybridized carbons (Fsp3) is 0.833. The second-order valence-electron chi connectivity index (χ2n) is 4.82. The maximum Gasteiger partial charge on any atom is 0.239 e. The highest BCUT2D eigenvalue weighted by molar-refractivity contribution is 5.84. The molecule has 0 unspecified atom stereocenters. The average Bonchev–Trinajstić information content (AvgIpc) is 2.29. The van der Waals surface area contributed by atoms with Gasteiger partial charge in [0.25, 0.3) is 0 Å². The summed E-state index contributed by atoms with van der Waals surface area (Å²) in [6, 6.07) is 0. The van der Waals surface area contributed by atoms with Gasteiger partial charge in [-0.3, -0.25) is 9.59 Å². The molecule has 0 aromatic heterocycles. The topological polar surface area (TPSA) is 75.4 Å². The van der Waals surface area contributed by atoms with Crippen molar-refractivity contribution < 1.29 is 9.59 Å². The molecule has 5 heteroatoms. The van der Waals surface area contributed by atoms with Gasteiger partial charge in [-0.15, -0.1) is 0 Å². The van der Waals surface area contributed by atoms with E-state index >= 15 is 0 Å². The van der Waals surface area contributed by atoms with E-state index in [1.807, 2.05) is 6.92 Å². The zero-order chi connectivity index (χ0) is 12.9. The number of nitrogens with two attached hydrogens (primary N) is 1. The lowest BCUT2D eigenvalue weighted by atomic mass is 9.66.